The number of carbonyl (C=O) groups excluding carboxylic acids is 1. The summed E-state index contributed by atoms with van der Waals surface area (Å²) in [5.41, 5.74) is 0.734. The lowest BCUT2D eigenvalue weighted by molar-refractivity contribution is -0.123. The standard InChI is InChI=1S/C16H14F2O2/c17-15-7-3-1-5-12(15)9-14(19)11-20-10-13-6-2-4-8-16(13)18/h1-8H,9-11H2. The van der Waals surface area contributed by atoms with Gasteiger partial charge in [0.05, 0.1) is 6.61 Å². The lowest BCUT2D eigenvalue weighted by Crippen LogP contribution is -2.12. The number of ether oxygens (including phenoxy) is 1. The molecule has 0 saturated carbocycles. The first kappa shape index (κ1) is 14.3. The average molecular weight is 276 g/mol. The molecule has 0 bridgehead atoms. The van der Waals surface area contributed by atoms with Gasteiger partial charge in [0, 0.05) is 12.0 Å². The summed E-state index contributed by atoms with van der Waals surface area (Å²) in [7, 11) is 0. The van der Waals surface area contributed by atoms with Crippen LogP contribution in [0.3, 0.4) is 0 Å². The topological polar surface area (TPSA) is 26.3 Å². The van der Waals surface area contributed by atoms with Gasteiger partial charge in [0.1, 0.15) is 18.2 Å². The third-order valence-electron chi connectivity index (χ3n) is 2.82. The summed E-state index contributed by atoms with van der Waals surface area (Å²) in [6, 6.07) is 12.3. The van der Waals surface area contributed by atoms with E-state index in [9.17, 15) is 13.6 Å². The number of halogens is 2. The van der Waals surface area contributed by atoms with Crippen LogP contribution in [0.1, 0.15) is 11.1 Å². The fourth-order valence-corrected chi connectivity index (χ4v) is 1.80. The first-order valence-electron chi connectivity index (χ1n) is 6.23. The maximum absolute atomic E-state index is 13.3. The number of hydrogen-bond donors (Lipinski definition) is 0. The summed E-state index contributed by atoms with van der Waals surface area (Å²) in [5, 5.41) is 0. The van der Waals surface area contributed by atoms with Crippen molar-refractivity contribution < 1.29 is 18.3 Å². The predicted octanol–water partition coefficient (Wildman–Crippen LogP) is 3.29. The molecule has 104 valence electrons. The van der Waals surface area contributed by atoms with Gasteiger partial charge in [0.2, 0.25) is 0 Å². The fourth-order valence-electron chi connectivity index (χ4n) is 1.80. The Balaban J connectivity index is 1.82. The number of hydrogen-bond acceptors (Lipinski definition) is 2. The largest absolute Gasteiger partial charge is 0.369 e. The molecule has 0 N–H and O–H groups in total. The molecular weight excluding hydrogens is 262 g/mol. The number of rotatable bonds is 6. The van der Waals surface area contributed by atoms with Gasteiger partial charge in [-0.05, 0) is 17.7 Å². The van der Waals surface area contributed by atoms with E-state index in [1.807, 2.05) is 0 Å². The van der Waals surface area contributed by atoms with E-state index in [1.54, 1.807) is 36.4 Å². The summed E-state index contributed by atoms with van der Waals surface area (Å²) in [4.78, 5) is 11.7. The van der Waals surface area contributed by atoms with E-state index in [0.717, 1.165) is 0 Å². The van der Waals surface area contributed by atoms with Gasteiger partial charge in [-0.15, -0.1) is 0 Å². The minimum Gasteiger partial charge on any atom is -0.369 e. The van der Waals surface area contributed by atoms with E-state index in [4.69, 9.17) is 4.74 Å². The van der Waals surface area contributed by atoms with Crippen LogP contribution in [0.15, 0.2) is 48.5 Å². The van der Waals surface area contributed by atoms with Crippen LogP contribution >= 0.6 is 0 Å². The number of Topliss-reactive ketones (excluding diaryl/α,β-unsaturated/α-hetero) is 1. The van der Waals surface area contributed by atoms with Crippen LogP contribution in [-0.4, -0.2) is 12.4 Å². The highest BCUT2D eigenvalue weighted by Crippen LogP contribution is 2.09. The fraction of sp³-hybridized carbons (Fsp3) is 0.188. The van der Waals surface area contributed by atoms with Crippen LogP contribution in [0.25, 0.3) is 0 Å². The van der Waals surface area contributed by atoms with Crippen molar-refractivity contribution >= 4 is 5.78 Å². The van der Waals surface area contributed by atoms with Crippen molar-refractivity contribution in [2.24, 2.45) is 0 Å². The van der Waals surface area contributed by atoms with Crippen molar-refractivity contribution in [3.63, 3.8) is 0 Å². The molecule has 2 rings (SSSR count). The normalized spacial score (nSPS) is 10.5. The first-order valence-corrected chi connectivity index (χ1v) is 6.23. The Hall–Kier alpha value is -2.07. The van der Waals surface area contributed by atoms with Crippen molar-refractivity contribution in [2.75, 3.05) is 6.61 Å². The summed E-state index contributed by atoms with van der Waals surface area (Å²) < 4.78 is 31.8. The SMILES string of the molecule is O=C(COCc1ccccc1F)Cc1ccccc1F. The van der Waals surface area contributed by atoms with Crippen LogP contribution in [0, 0.1) is 11.6 Å². The van der Waals surface area contributed by atoms with E-state index >= 15 is 0 Å². The molecular formula is C16H14F2O2. The monoisotopic (exact) mass is 276 g/mol. The van der Waals surface area contributed by atoms with Crippen LogP contribution in [0.5, 0.6) is 0 Å². The van der Waals surface area contributed by atoms with Crippen LogP contribution < -0.4 is 0 Å². The second-order valence-corrected chi connectivity index (χ2v) is 4.39. The second kappa shape index (κ2) is 6.91. The van der Waals surface area contributed by atoms with Gasteiger partial charge in [0.25, 0.3) is 0 Å². The van der Waals surface area contributed by atoms with Gasteiger partial charge < -0.3 is 4.74 Å². The second-order valence-electron chi connectivity index (χ2n) is 4.39. The molecule has 0 aromatic heterocycles. The van der Waals surface area contributed by atoms with Gasteiger partial charge in [-0.25, -0.2) is 8.78 Å². The van der Waals surface area contributed by atoms with Gasteiger partial charge in [-0.2, -0.15) is 0 Å². The van der Waals surface area contributed by atoms with Crippen LogP contribution in [0.4, 0.5) is 8.78 Å². The minimum absolute atomic E-state index is 0.0235. The highest BCUT2D eigenvalue weighted by atomic mass is 19.1. The zero-order valence-electron chi connectivity index (χ0n) is 10.8. The highest BCUT2D eigenvalue weighted by Gasteiger charge is 2.08. The maximum atomic E-state index is 13.3. The summed E-state index contributed by atoms with van der Waals surface area (Å²) >= 11 is 0. The third kappa shape index (κ3) is 3.96. The Bertz CT molecular complexity index is 597. The molecule has 20 heavy (non-hydrogen) atoms. The molecule has 4 heteroatoms. The van der Waals surface area contributed by atoms with Crippen molar-refractivity contribution in [2.45, 2.75) is 13.0 Å². The van der Waals surface area contributed by atoms with E-state index in [1.165, 1.54) is 12.1 Å². The van der Waals surface area contributed by atoms with Gasteiger partial charge in [-0.1, -0.05) is 36.4 Å². The number of benzene rings is 2. The lowest BCUT2D eigenvalue weighted by Gasteiger charge is -2.05. The van der Waals surface area contributed by atoms with Crippen molar-refractivity contribution in [1.82, 2.24) is 0 Å². The van der Waals surface area contributed by atoms with Crippen molar-refractivity contribution in [3.05, 3.63) is 71.3 Å². The Morgan fingerprint density at radius 2 is 1.45 bits per heavy atom. The average Bonchev–Trinajstić information content (AvgIpc) is 2.43. The van der Waals surface area contributed by atoms with Gasteiger partial charge in [0.15, 0.2) is 5.78 Å². The molecule has 0 aliphatic carbocycles. The molecule has 0 amide bonds. The minimum atomic E-state index is -0.407. The number of ketones is 1. The Labute approximate surface area is 116 Å². The van der Waals surface area contributed by atoms with Crippen molar-refractivity contribution in [1.29, 1.82) is 0 Å². The molecule has 0 heterocycles. The van der Waals surface area contributed by atoms with Gasteiger partial charge >= 0.3 is 0 Å². The molecule has 0 aliphatic heterocycles. The first-order chi connectivity index (χ1) is 9.66. The third-order valence-corrected chi connectivity index (χ3v) is 2.82. The zero-order valence-corrected chi connectivity index (χ0v) is 10.8. The number of carbonyl (C=O) groups is 1. The molecule has 0 atom stereocenters. The lowest BCUT2D eigenvalue weighted by atomic mass is 10.1. The highest BCUT2D eigenvalue weighted by molar-refractivity contribution is 5.82. The zero-order chi connectivity index (χ0) is 14.4. The van der Waals surface area contributed by atoms with Gasteiger partial charge in [-0.3, -0.25) is 4.79 Å². The summed E-state index contributed by atoms with van der Waals surface area (Å²) in [6.07, 6.45) is -0.0239. The quantitative estimate of drug-likeness (QED) is 0.809. The molecule has 0 spiro atoms. The Kier molecular flexibility index (Phi) is 4.96. The summed E-state index contributed by atoms with van der Waals surface area (Å²) in [5.74, 6) is -1.02. The molecule has 2 aromatic rings. The molecule has 0 radical (unpaired) electrons. The van der Waals surface area contributed by atoms with E-state index in [2.05, 4.69) is 0 Å². The smallest absolute Gasteiger partial charge is 0.162 e. The molecule has 0 unspecified atom stereocenters. The predicted molar refractivity (Wildman–Crippen MR) is 71.2 cm³/mol. The van der Waals surface area contributed by atoms with E-state index in [-0.39, 0.29) is 31.2 Å². The molecule has 2 nitrogen and oxygen atoms in total. The van der Waals surface area contributed by atoms with E-state index in [0.29, 0.717) is 11.1 Å². The Morgan fingerprint density at radius 3 is 2.05 bits per heavy atom. The molecule has 0 fully saturated rings. The van der Waals surface area contributed by atoms with Crippen LogP contribution in [-0.2, 0) is 22.6 Å². The Morgan fingerprint density at radius 1 is 0.900 bits per heavy atom. The van der Waals surface area contributed by atoms with E-state index < -0.39 is 5.82 Å². The maximum Gasteiger partial charge on any atom is 0.162 e. The van der Waals surface area contributed by atoms with Crippen molar-refractivity contribution in [3.8, 4) is 0 Å². The molecule has 2 aromatic carbocycles. The molecule has 0 aliphatic rings. The summed E-state index contributed by atoms with van der Waals surface area (Å²) in [6.45, 7) is -0.141. The molecule has 0 saturated heterocycles. The van der Waals surface area contributed by atoms with Crippen LogP contribution in [0.2, 0.25) is 0 Å².